The molecule has 36 heavy (non-hydrogen) atoms. The zero-order chi connectivity index (χ0) is 25.9. The maximum Gasteiger partial charge on any atom is 0.573 e. The number of amides is 2. The molecule has 1 N–H and O–H groups in total. The molecule has 0 aliphatic carbocycles. The number of carbonyl (C=O) groups is 3. The normalized spacial score (nSPS) is 19.0. The molecule has 0 bridgehead atoms. The fourth-order valence-corrected chi connectivity index (χ4v) is 4.53. The van der Waals surface area contributed by atoms with Crippen molar-refractivity contribution in [2.24, 2.45) is 11.8 Å². The van der Waals surface area contributed by atoms with Gasteiger partial charge in [0.25, 0.3) is 12.4 Å². The van der Waals surface area contributed by atoms with E-state index in [0.29, 0.717) is 49.5 Å². The molecule has 0 spiro atoms. The number of nitrogens with one attached hydrogen (secondary N) is 1. The van der Waals surface area contributed by atoms with Gasteiger partial charge >= 0.3 is 12.5 Å². The third-order valence-corrected chi connectivity index (χ3v) is 6.22. The summed E-state index contributed by atoms with van der Waals surface area (Å²) in [7, 11) is 1.68. The van der Waals surface area contributed by atoms with E-state index in [1.54, 1.807) is 29.0 Å². The monoisotopic (exact) mass is 507 g/mol. The third-order valence-electron chi connectivity index (χ3n) is 6.22. The predicted molar refractivity (Wildman–Crippen MR) is 120 cm³/mol. The third kappa shape index (κ3) is 5.81. The Balaban J connectivity index is 1.27. The van der Waals surface area contributed by atoms with E-state index >= 15 is 0 Å². The van der Waals surface area contributed by atoms with Crippen LogP contribution in [0.25, 0.3) is 0 Å². The van der Waals surface area contributed by atoms with Crippen LogP contribution in [0, 0.1) is 11.8 Å². The quantitative estimate of drug-likeness (QED) is 0.573. The second-order valence-corrected chi connectivity index (χ2v) is 8.56. The van der Waals surface area contributed by atoms with Gasteiger partial charge in [0, 0.05) is 50.6 Å². The van der Waals surface area contributed by atoms with Crippen molar-refractivity contribution in [3.05, 3.63) is 53.6 Å². The number of rotatable bonds is 7. The number of benzene rings is 2. The van der Waals surface area contributed by atoms with Gasteiger partial charge in [-0.25, -0.2) is 4.79 Å². The highest BCUT2D eigenvalue weighted by atomic mass is 19.4. The van der Waals surface area contributed by atoms with Gasteiger partial charge in [0.15, 0.2) is 5.75 Å². The Morgan fingerprint density at radius 1 is 1.03 bits per heavy atom. The molecule has 9 nitrogen and oxygen atoms in total. The molecule has 192 valence electrons. The zero-order valence-corrected chi connectivity index (χ0v) is 19.3. The number of carbonyl (C=O) groups excluding carboxylic acids is 3. The first-order chi connectivity index (χ1) is 17.2. The van der Waals surface area contributed by atoms with Crippen molar-refractivity contribution in [3.8, 4) is 11.5 Å². The Morgan fingerprint density at radius 2 is 1.67 bits per heavy atom. The number of anilines is 1. The summed E-state index contributed by atoms with van der Waals surface area (Å²) >= 11 is 0. The van der Waals surface area contributed by atoms with Crippen LogP contribution in [0.2, 0.25) is 0 Å². The molecule has 2 saturated heterocycles. The van der Waals surface area contributed by atoms with Crippen LogP contribution in [0.1, 0.15) is 15.9 Å². The van der Waals surface area contributed by atoms with Gasteiger partial charge in [-0.05, 0) is 35.9 Å². The number of hydrogen-bond donors (Lipinski definition) is 1. The van der Waals surface area contributed by atoms with Crippen molar-refractivity contribution in [1.82, 2.24) is 9.80 Å². The molecule has 0 radical (unpaired) electrons. The van der Waals surface area contributed by atoms with Gasteiger partial charge < -0.3 is 29.3 Å². The van der Waals surface area contributed by atoms with Crippen LogP contribution in [0.4, 0.5) is 23.7 Å². The van der Waals surface area contributed by atoms with E-state index in [0.717, 1.165) is 12.1 Å². The zero-order valence-electron chi connectivity index (χ0n) is 19.3. The Bertz CT molecular complexity index is 1110. The molecule has 12 heteroatoms. The lowest BCUT2D eigenvalue weighted by molar-refractivity contribution is -0.274. The van der Waals surface area contributed by atoms with Crippen LogP contribution < -0.4 is 14.8 Å². The highest BCUT2D eigenvalue weighted by molar-refractivity contribution is 5.95. The summed E-state index contributed by atoms with van der Waals surface area (Å²) in [6, 6.07) is 9.94. The molecule has 2 aromatic carbocycles. The van der Waals surface area contributed by atoms with Gasteiger partial charge in [-0.15, -0.1) is 13.2 Å². The number of ether oxygens (including phenoxy) is 3. The van der Waals surface area contributed by atoms with E-state index in [4.69, 9.17) is 9.47 Å². The smallest absolute Gasteiger partial charge is 0.445 e. The molecular weight excluding hydrogens is 483 g/mol. The SMILES string of the molecule is CNc1ccc(C(=O)N2CC3CN(C(=O)OCc4ccc(OC(F)(F)F)cc4)CC3C2)cc1OC=O. The fourth-order valence-electron chi connectivity index (χ4n) is 4.53. The van der Waals surface area contributed by atoms with Crippen molar-refractivity contribution >= 4 is 24.2 Å². The first kappa shape index (κ1) is 25.1. The Hall–Kier alpha value is -3.96. The summed E-state index contributed by atoms with van der Waals surface area (Å²) in [6.45, 7) is 2.04. The number of hydrogen-bond acceptors (Lipinski definition) is 7. The van der Waals surface area contributed by atoms with E-state index in [1.165, 1.54) is 18.2 Å². The van der Waals surface area contributed by atoms with Crippen molar-refractivity contribution in [2.75, 3.05) is 38.5 Å². The summed E-state index contributed by atoms with van der Waals surface area (Å²) in [5.41, 5.74) is 1.50. The van der Waals surface area contributed by atoms with E-state index < -0.39 is 12.5 Å². The molecule has 2 unspecified atom stereocenters. The minimum Gasteiger partial charge on any atom is -0.445 e. The van der Waals surface area contributed by atoms with Gasteiger partial charge in [0.1, 0.15) is 12.4 Å². The first-order valence-electron chi connectivity index (χ1n) is 11.1. The fraction of sp³-hybridized carbons (Fsp3) is 0.375. The summed E-state index contributed by atoms with van der Waals surface area (Å²) < 4.78 is 50.9. The molecule has 2 aliphatic heterocycles. The molecule has 2 atom stereocenters. The number of nitrogens with zero attached hydrogens (tertiary/aromatic N) is 2. The van der Waals surface area contributed by atoms with Crippen LogP contribution >= 0.6 is 0 Å². The number of alkyl halides is 3. The molecule has 2 fully saturated rings. The van der Waals surface area contributed by atoms with Gasteiger partial charge in [-0.3, -0.25) is 9.59 Å². The molecule has 4 rings (SSSR count). The lowest BCUT2D eigenvalue weighted by Gasteiger charge is -2.22. The second kappa shape index (κ2) is 10.3. The summed E-state index contributed by atoms with van der Waals surface area (Å²) in [6.07, 6.45) is -5.29. The summed E-state index contributed by atoms with van der Waals surface area (Å²) in [5.74, 6) is -0.0799. The van der Waals surface area contributed by atoms with Crippen molar-refractivity contribution in [2.45, 2.75) is 13.0 Å². The highest BCUT2D eigenvalue weighted by Gasteiger charge is 2.43. The van der Waals surface area contributed by atoms with Crippen LogP contribution in [0.5, 0.6) is 11.5 Å². The molecule has 0 aromatic heterocycles. The number of likely N-dealkylation sites (tertiary alicyclic amines) is 2. The number of fused-ring (bicyclic) bond motifs is 1. The second-order valence-electron chi connectivity index (χ2n) is 8.56. The highest BCUT2D eigenvalue weighted by Crippen LogP contribution is 2.33. The molecule has 2 amide bonds. The lowest BCUT2D eigenvalue weighted by Crippen LogP contribution is -2.35. The Labute approximate surface area is 204 Å². The van der Waals surface area contributed by atoms with Crippen LogP contribution in [0.15, 0.2) is 42.5 Å². The van der Waals surface area contributed by atoms with E-state index in [-0.39, 0.29) is 35.8 Å². The predicted octanol–water partition coefficient (Wildman–Crippen LogP) is 3.50. The summed E-state index contributed by atoms with van der Waals surface area (Å²) in [4.78, 5) is 39.6. The molecule has 0 saturated carbocycles. The van der Waals surface area contributed by atoms with Crippen LogP contribution in [-0.2, 0) is 16.1 Å². The van der Waals surface area contributed by atoms with E-state index in [9.17, 15) is 27.6 Å². The minimum absolute atomic E-state index is 0.0879. The average Bonchev–Trinajstić information content (AvgIpc) is 3.42. The number of halogens is 3. The minimum atomic E-state index is -4.77. The van der Waals surface area contributed by atoms with E-state index in [1.807, 2.05) is 0 Å². The van der Waals surface area contributed by atoms with Gasteiger partial charge in [-0.1, -0.05) is 12.1 Å². The van der Waals surface area contributed by atoms with E-state index in [2.05, 4.69) is 10.1 Å². The molecule has 2 heterocycles. The standard InChI is InChI=1S/C24H24F3N3O6/c1-28-20-7-4-16(8-21(20)35-14-31)22(32)29-9-17-11-30(12-18(17)10-29)23(33)34-13-15-2-5-19(6-3-15)36-24(25,26)27/h2-8,14,17-18,28H,9-13H2,1H3. The maximum absolute atomic E-state index is 13.0. The summed E-state index contributed by atoms with van der Waals surface area (Å²) in [5, 5.41) is 2.89. The van der Waals surface area contributed by atoms with Crippen LogP contribution in [0.3, 0.4) is 0 Å². The van der Waals surface area contributed by atoms with Crippen molar-refractivity contribution < 1.29 is 41.8 Å². The Kier molecular flexibility index (Phi) is 7.22. The molecule has 2 aromatic rings. The van der Waals surface area contributed by atoms with Gasteiger partial charge in [0.2, 0.25) is 0 Å². The van der Waals surface area contributed by atoms with Crippen LogP contribution in [-0.4, -0.2) is 67.9 Å². The largest absolute Gasteiger partial charge is 0.573 e. The topological polar surface area (TPSA) is 97.4 Å². The molecule has 2 aliphatic rings. The average molecular weight is 507 g/mol. The van der Waals surface area contributed by atoms with Crippen molar-refractivity contribution in [3.63, 3.8) is 0 Å². The molecular formula is C24H24F3N3O6. The first-order valence-corrected chi connectivity index (χ1v) is 11.1. The van der Waals surface area contributed by atoms with Gasteiger partial charge in [-0.2, -0.15) is 0 Å². The van der Waals surface area contributed by atoms with Gasteiger partial charge in [0.05, 0.1) is 5.69 Å². The Morgan fingerprint density at radius 3 is 2.25 bits per heavy atom. The maximum atomic E-state index is 13.0. The lowest BCUT2D eigenvalue weighted by atomic mass is 10.0. The van der Waals surface area contributed by atoms with Crippen molar-refractivity contribution in [1.29, 1.82) is 0 Å².